The Labute approximate surface area is 358 Å². The summed E-state index contributed by atoms with van der Waals surface area (Å²) in [6.45, 7) is -0.985. The number of sulfonamides is 1. The summed E-state index contributed by atoms with van der Waals surface area (Å²) < 4.78 is 125. The lowest BCUT2D eigenvalue weighted by Gasteiger charge is -2.24. The molecule has 21 heteroatoms. The first-order valence-electron chi connectivity index (χ1n) is 19.2. The number of aryl methyl sites for hydroxylation is 1. The number of hydrogen-bond acceptors (Lipinski definition) is 8. The molecule has 326 valence electrons. The Balaban J connectivity index is 1.27. The average Bonchev–Trinajstić information content (AvgIpc) is 3.75. The molecule has 2 N–H and O–H groups in total. The van der Waals surface area contributed by atoms with E-state index in [9.17, 15) is 30.8 Å². The van der Waals surface area contributed by atoms with Gasteiger partial charge in [-0.3, -0.25) is 28.2 Å². The lowest BCUT2D eigenvalue weighted by atomic mass is 10.0. The lowest BCUT2D eigenvalue weighted by molar-refractivity contribution is -0.123. The van der Waals surface area contributed by atoms with Crippen LogP contribution in [0.1, 0.15) is 53.1 Å². The molecular weight excluding hydrogens is 878 g/mol. The fourth-order valence-electron chi connectivity index (χ4n) is 8.63. The first kappa shape index (κ1) is 41.9. The maximum atomic E-state index is 15.5. The molecule has 4 aromatic carbocycles. The highest BCUT2D eigenvalue weighted by Gasteiger charge is 2.67. The molecule has 1 fully saturated rings. The van der Waals surface area contributed by atoms with E-state index in [0.29, 0.717) is 27.6 Å². The zero-order chi connectivity index (χ0) is 44.9. The fourth-order valence-corrected chi connectivity index (χ4v) is 9.37. The number of halogens is 7. The normalized spacial score (nSPS) is 16.9. The predicted molar refractivity (Wildman–Crippen MR) is 220 cm³/mol. The summed E-state index contributed by atoms with van der Waals surface area (Å²) in [5, 5.41) is 10.9. The van der Waals surface area contributed by atoms with Crippen LogP contribution in [0, 0.1) is 17.6 Å². The number of para-hydroxylation sites is 1. The van der Waals surface area contributed by atoms with Crippen LogP contribution in [0.4, 0.5) is 32.2 Å². The molecule has 13 nitrogen and oxygen atoms in total. The van der Waals surface area contributed by atoms with Crippen LogP contribution >= 0.6 is 11.6 Å². The number of anilines is 1. The highest BCUT2D eigenvalue weighted by molar-refractivity contribution is 7.92. The molecule has 0 radical (unpaired) electrons. The first-order valence-corrected chi connectivity index (χ1v) is 21.5. The van der Waals surface area contributed by atoms with E-state index in [1.807, 2.05) is 0 Å². The van der Waals surface area contributed by atoms with Gasteiger partial charge in [0.05, 0.1) is 51.9 Å². The van der Waals surface area contributed by atoms with Gasteiger partial charge in [0, 0.05) is 36.6 Å². The van der Waals surface area contributed by atoms with Crippen molar-refractivity contribution in [3.05, 3.63) is 128 Å². The molecule has 2 aliphatic rings. The smallest absolute Gasteiger partial charge is 0.293 e. The second-order valence-electron chi connectivity index (χ2n) is 15.5. The number of nitrogens with zero attached hydrogens (tertiary/aromatic N) is 6. The number of amides is 1. The summed E-state index contributed by atoms with van der Waals surface area (Å²) >= 11 is 6.64. The minimum atomic E-state index is -3.92. The molecule has 63 heavy (non-hydrogen) atoms. The molecule has 1 saturated carbocycles. The fraction of sp³-hybridized carbons (Fsp3) is 0.262. The van der Waals surface area contributed by atoms with Crippen LogP contribution in [0.3, 0.4) is 0 Å². The van der Waals surface area contributed by atoms with Crippen molar-refractivity contribution in [2.45, 2.75) is 43.7 Å². The Bertz CT molecular complexity index is 3210. The zero-order valence-electron chi connectivity index (χ0n) is 33.1. The first-order chi connectivity index (χ1) is 29.8. The van der Waals surface area contributed by atoms with Gasteiger partial charge in [-0.05, 0) is 65.9 Å². The second-order valence-corrected chi connectivity index (χ2v) is 17.6. The topological polar surface area (TPSA) is 155 Å². The summed E-state index contributed by atoms with van der Waals surface area (Å²) in [4.78, 5) is 34.1. The van der Waals surface area contributed by atoms with Gasteiger partial charge in [-0.25, -0.2) is 31.0 Å². The van der Waals surface area contributed by atoms with Crippen molar-refractivity contribution in [3.8, 4) is 22.6 Å². The van der Waals surface area contributed by atoms with E-state index in [4.69, 9.17) is 21.3 Å². The molecule has 2 aliphatic carbocycles. The Morgan fingerprint density at radius 3 is 2.46 bits per heavy atom. The number of methoxy groups -OCH3 is 1. The number of aromatic nitrogens is 6. The van der Waals surface area contributed by atoms with Gasteiger partial charge in [0.25, 0.3) is 17.9 Å². The largest absolute Gasteiger partial charge is 0.496 e. The van der Waals surface area contributed by atoms with E-state index in [-0.39, 0.29) is 61.7 Å². The van der Waals surface area contributed by atoms with Crippen LogP contribution in [-0.4, -0.2) is 56.8 Å². The van der Waals surface area contributed by atoms with Gasteiger partial charge in [0.2, 0.25) is 15.9 Å². The number of fused-ring (bicyclic) bond motifs is 5. The van der Waals surface area contributed by atoms with Gasteiger partial charge < -0.3 is 10.1 Å². The van der Waals surface area contributed by atoms with E-state index >= 15 is 13.6 Å². The molecule has 0 saturated heterocycles. The Morgan fingerprint density at radius 2 is 1.76 bits per heavy atom. The Morgan fingerprint density at radius 1 is 1.03 bits per heavy atom. The van der Waals surface area contributed by atoms with E-state index in [2.05, 4.69) is 20.2 Å². The molecule has 0 spiro atoms. The third-order valence-corrected chi connectivity index (χ3v) is 12.1. The van der Waals surface area contributed by atoms with Gasteiger partial charge >= 0.3 is 0 Å². The van der Waals surface area contributed by atoms with Crippen molar-refractivity contribution in [1.82, 2.24) is 34.4 Å². The molecule has 3 heterocycles. The number of rotatable bonds is 12. The number of hydrogen-bond donors (Lipinski definition) is 2. The highest BCUT2D eigenvalue weighted by Crippen LogP contribution is 2.68. The third kappa shape index (κ3) is 7.33. The van der Waals surface area contributed by atoms with Crippen LogP contribution < -0.4 is 20.3 Å². The number of carbonyl (C=O) groups is 1. The minimum absolute atomic E-state index is 0.00570. The van der Waals surface area contributed by atoms with Gasteiger partial charge in [-0.1, -0.05) is 35.9 Å². The maximum absolute atomic E-state index is 15.5. The molecule has 0 bridgehead atoms. The Hall–Kier alpha value is -6.41. The van der Waals surface area contributed by atoms with Crippen molar-refractivity contribution in [1.29, 1.82) is 0 Å². The number of ether oxygens (including phenoxy) is 1. The van der Waals surface area contributed by atoms with Crippen LogP contribution in [-0.2, 0) is 40.8 Å². The zero-order valence-corrected chi connectivity index (χ0v) is 34.7. The van der Waals surface area contributed by atoms with Crippen molar-refractivity contribution in [3.63, 3.8) is 0 Å². The maximum Gasteiger partial charge on any atom is 0.293 e. The molecule has 0 unspecified atom stereocenters. The molecule has 3 aromatic heterocycles. The average molecular weight is 911 g/mol. The lowest BCUT2D eigenvalue weighted by Crippen LogP contribution is -2.38. The molecule has 3 atom stereocenters. The van der Waals surface area contributed by atoms with Crippen LogP contribution in [0.5, 0.6) is 5.75 Å². The third-order valence-electron chi connectivity index (χ3n) is 11.2. The number of benzene rings is 4. The van der Waals surface area contributed by atoms with Gasteiger partial charge in [-0.15, -0.1) is 0 Å². The van der Waals surface area contributed by atoms with E-state index in [1.165, 1.54) is 37.0 Å². The standard InChI is InChI=1S/C42H33ClF6N8O5S/c1-55-36-30(11-10-27(43)34(36)39(53-55)54-63(3,60)61)57-40(51-28-15-20(8-9-24(28)41(57)59)23-6-4-5-7-31(23)62-2)29(14-19-12-21(44)16-22(45)13-19)50-32(58)18-56-37-33(35(52-56)38(46)47)25-17-26(25)42(37,48)49/h4-13,15-16,25-26,29,38H,14,17-18H2,1-3H3,(H,50,58)(H,53,54)/t25-,26+,29-/m0/s1. The highest BCUT2D eigenvalue weighted by atomic mass is 35.5. The molecule has 7 aromatic rings. The minimum Gasteiger partial charge on any atom is -0.496 e. The molecular formula is C42H33ClF6N8O5S. The van der Waals surface area contributed by atoms with E-state index in [1.54, 1.807) is 36.4 Å². The van der Waals surface area contributed by atoms with E-state index < -0.39 is 87.7 Å². The predicted octanol–water partition coefficient (Wildman–Crippen LogP) is 7.69. The number of alkyl halides is 4. The Kier molecular flexibility index (Phi) is 10.1. The van der Waals surface area contributed by atoms with Crippen molar-refractivity contribution in [2.75, 3.05) is 18.1 Å². The summed E-state index contributed by atoms with van der Waals surface area (Å²) in [5.41, 5.74) is -1.31. The quantitative estimate of drug-likeness (QED) is 0.118. The second kappa shape index (κ2) is 15.1. The van der Waals surface area contributed by atoms with Crippen LogP contribution in [0.15, 0.2) is 77.6 Å². The number of nitrogens with one attached hydrogen (secondary N) is 2. The molecule has 1 amide bonds. The summed E-state index contributed by atoms with van der Waals surface area (Å²) in [6.07, 6.45) is -2.78. The van der Waals surface area contributed by atoms with Gasteiger partial charge in [0.15, 0.2) is 5.82 Å². The monoisotopic (exact) mass is 910 g/mol. The van der Waals surface area contributed by atoms with Crippen molar-refractivity contribution in [2.24, 2.45) is 13.0 Å². The van der Waals surface area contributed by atoms with Crippen LogP contribution in [0.2, 0.25) is 5.02 Å². The summed E-state index contributed by atoms with van der Waals surface area (Å²) in [7, 11) is -0.976. The van der Waals surface area contributed by atoms with Crippen molar-refractivity contribution >= 4 is 55.2 Å². The summed E-state index contributed by atoms with van der Waals surface area (Å²) in [5.74, 6) is -8.55. The van der Waals surface area contributed by atoms with Gasteiger partial charge in [0.1, 0.15) is 41.1 Å². The summed E-state index contributed by atoms with van der Waals surface area (Å²) in [6, 6.07) is 15.7. The number of carbonyl (C=O) groups excluding carboxylic acids is 1. The van der Waals surface area contributed by atoms with Crippen LogP contribution in [0.25, 0.3) is 38.6 Å². The van der Waals surface area contributed by atoms with Gasteiger partial charge in [-0.2, -0.15) is 19.0 Å². The SMILES string of the molecule is COc1ccccc1-c1ccc2c(=O)n(-c3ccc(Cl)c4c(NS(C)(=O)=O)nn(C)c34)c([C@H](Cc3cc(F)cc(F)c3)NC(=O)Cn3nc(C(F)F)c4c3C(F)(F)[C@@H]3C[C@H]43)nc2c1. The van der Waals surface area contributed by atoms with E-state index in [0.717, 1.165) is 23.0 Å². The van der Waals surface area contributed by atoms with Crippen molar-refractivity contribution < 1.29 is 44.3 Å². The molecule has 0 aliphatic heterocycles. The molecule has 9 rings (SSSR count).